The molecule has 1 atom stereocenters. The molecule has 0 aliphatic rings. The maximum absolute atomic E-state index is 14.3. The van der Waals surface area contributed by atoms with Crippen molar-refractivity contribution in [3.8, 4) is 11.4 Å². The number of ether oxygens (including phenoxy) is 1. The van der Waals surface area contributed by atoms with Gasteiger partial charge < -0.3 is 14.7 Å². The van der Waals surface area contributed by atoms with Gasteiger partial charge in [0.25, 0.3) is 5.91 Å². The third-order valence-corrected chi connectivity index (χ3v) is 9.07. The number of benzene rings is 5. The molecule has 0 bridgehead atoms. The van der Waals surface area contributed by atoms with E-state index in [1.165, 1.54) is 0 Å². The molecule has 0 aliphatic heterocycles. The Hall–Kier alpha value is -5.21. The normalized spacial score (nSPS) is 11.7. The summed E-state index contributed by atoms with van der Waals surface area (Å²) in [5, 5.41) is 16.4. The lowest BCUT2D eigenvalue weighted by molar-refractivity contribution is -0.145. The lowest BCUT2D eigenvalue weighted by atomic mass is 10.0. The smallest absolute Gasteiger partial charge is 0.345 e. The zero-order valence-electron chi connectivity index (χ0n) is 26.6. The molecule has 48 heavy (non-hydrogen) atoms. The van der Waals surface area contributed by atoms with Crippen LogP contribution in [0.2, 0.25) is 0 Å². The van der Waals surface area contributed by atoms with E-state index in [1.54, 1.807) is 12.3 Å². The molecular weight excluding hydrogens is 666 g/mol. The molecule has 8 heteroatoms. The second kappa shape index (κ2) is 15.1. The van der Waals surface area contributed by atoms with Crippen LogP contribution >= 0.6 is 15.9 Å². The van der Waals surface area contributed by atoms with Crippen molar-refractivity contribution in [1.29, 1.82) is 0 Å². The fourth-order valence-electron chi connectivity index (χ4n) is 5.89. The maximum atomic E-state index is 14.3. The summed E-state index contributed by atoms with van der Waals surface area (Å²) in [5.41, 5.74) is 5.31. The minimum Gasteiger partial charge on any atom is -0.478 e. The minimum absolute atomic E-state index is 0.0763. The number of amides is 1. The number of fused-ring (bicyclic) bond motifs is 1. The second-order valence-corrected chi connectivity index (χ2v) is 12.5. The van der Waals surface area contributed by atoms with Crippen LogP contribution in [0.1, 0.15) is 46.1 Å². The van der Waals surface area contributed by atoms with E-state index >= 15 is 0 Å². The Labute approximate surface area is 288 Å². The van der Waals surface area contributed by atoms with Crippen molar-refractivity contribution in [3.05, 3.63) is 160 Å². The van der Waals surface area contributed by atoms with Gasteiger partial charge in [0.1, 0.15) is 5.75 Å². The zero-order chi connectivity index (χ0) is 33.5. The maximum Gasteiger partial charge on any atom is 0.345 e. The summed E-state index contributed by atoms with van der Waals surface area (Å²) in [6, 6.07) is 39.1. The number of nitrogens with zero attached hydrogens (tertiary/aromatic N) is 3. The second-order valence-electron chi connectivity index (χ2n) is 11.7. The topological polar surface area (TPSA) is 84.7 Å². The van der Waals surface area contributed by atoms with Crippen LogP contribution in [-0.2, 0) is 30.7 Å². The first-order valence-corrected chi connectivity index (χ1v) is 16.8. The van der Waals surface area contributed by atoms with E-state index < -0.39 is 12.1 Å². The largest absolute Gasteiger partial charge is 0.478 e. The number of carbonyl (C=O) groups excluding carboxylic acids is 1. The van der Waals surface area contributed by atoms with Crippen molar-refractivity contribution in [2.75, 3.05) is 0 Å². The van der Waals surface area contributed by atoms with Crippen molar-refractivity contribution in [2.24, 2.45) is 0 Å². The molecule has 5 aromatic carbocycles. The van der Waals surface area contributed by atoms with Crippen LogP contribution in [0.25, 0.3) is 16.5 Å². The standard InChI is InChI=1S/C40H36BrN3O4/c1-2-12-35-34(25-42-44(35)32-17-10-5-11-18-32)39(45)43(26-29-15-8-4-9-16-29)27-30-19-21-33-31(23-30)20-22-36(38(33)41)48-37(40(46)47)24-28-13-6-3-7-14-28/h3-11,13-23,25,37H,2,12,24,26-27H2,1H3,(H,46,47). The van der Waals surface area contributed by atoms with E-state index in [4.69, 9.17) is 4.74 Å². The van der Waals surface area contributed by atoms with Crippen LogP contribution in [0.3, 0.4) is 0 Å². The number of rotatable bonds is 13. The molecule has 6 rings (SSSR count). The van der Waals surface area contributed by atoms with Crippen LogP contribution in [0.5, 0.6) is 5.75 Å². The monoisotopic (exact) mass is 701 g/mol. The van der Waals surface area contributed by atoms with Gasteiger partial charge in [0.15, 0.2) is 6.10 Å². The van der Waals surface area contributed by atoms with Crippen molar-refractivity contribution in [1.82, 2.24) is 14.7 Å². The molecule has 0 fully saturated rings. The Kier molecular flexibility index (Phi) is 10.3. The Morgan fingerprint density at radius 3 is 2.15 bits per heavy atom. The Bertz CT molecular complexity index is 2010. The predicted octanol–water partition coefficient (Wildman–Crippen LogP) is 8.66. The van der Waals surface area contributed by atoms with E-state index in [1.807, 2.05) is 119 Å². The van der Waals surface area contributed by atoms with Crippen molar-refractivity contribution >= 4 is 38.6 Å². The first-order valence-electron chi connectivity index (χ1n) is 16.0. The molecular formula is C40H36BrN3O4. The summed E-state index contributed by atoms with van der Waals surface area (Å²) in [6.07, 6.45) is 2.50. The molecule has 0 saturated heterocycles. The van der Waals surface area contributed by atoms with Crippen molar-refractivity contribution in [2.45, 2.75) is 45.4 Å². The average molecular weight is 703 g/mol. The third-order valence-electron chi connectivity index (χ3n) is 8.26. The van der Waals surface area contributed by atoms with Gasteiger partial charge in [0.05, 0.1) is 27.6 Å². The molecule has 6 aromatic rings. The minimum atomic E-state index is -1.04. The average Bonchev–Trinajstić information content (AvgIpc) is 3.53. The van der Waals surface area contributed by atoms with E-state index in [9.17, 15) is 14.7 Å². The number of carboxylic acid groups (broad SMARTS) is 1. The molecule has 7 nitrogen and oxygen atoms in total. The summed E-state index contributed by atoms with van der Waals surface area (Å²) in [7, 11) is 0. The Balaban J connectivity index is 1.29. The molecule has 0 saturated carbocycles. The lowest BCUT2D eigenvalue weighted by Gasteiger charge is -2.24. The number of hydrogen-bond donors (Lipinski definition) is 1. The van der Waals surface area contributed by atoms with Crippen LogP contribution in [0, 0.1) is 0 Å². The Morgan fingerprint density at radius 2 is 1.48 bits per heavy atom. The summed E-state index contributed by atoms with van der Waals surface area (Å²) in [5.74, 6) is -0.647. The molecule has 242 valence electrons. The number of halogens is 1. The van der Waals surface area contributed by atoms with Gasteiger partial charge in [0, 0.05) is 19.5 Å². The summed E-state index contributed by atoms with van der Waals surface area (Å²) < 4.78 is 8.57. The molecule has 0 radical (unpaired) electrons. The van der Waals surface area contributed by atoms with Gasteiger partial charge in [-0.25, -0.2) is 9.48 Å². The summed E-state index contributed by atoms with van der Waals surface area (Å²) in [6.45, 7) is 2.93. The Morgan fingerprint density at radius 1 is 0.833 bits per heavy atom. The summed E-state index contributed by atoms with van der Waals surface area (Å²) in [4.78, 5) is 28.3. The lowest BCUT2D eigenvalue weighted by Crippen LogP contribution is -2.30. The van der Waals surface area contributed by atoms with Crippen LogP contribution < -0.4 is 4.74 Å². The van der Waals surface area contributed by atoms with Crippen molar-refractivity contribution in [3.63, 3.8) is 0 Å². The number of aliphatic carboxylic acids is 1. The number of carboxylic acids is 1. The van der Waals surface area contributed by atoms with Gasteiger partial charge in [-0.1, -0.05) is 110 Å². The number of carbonyl (C=O) groups is 2. The molecule has 1 heterocycles. The van der Waals surface area contributed by atoms with Crippen LogP contribution in [0.4, 0.5) is 0 Å². The molecule has 0 aliphatic carbocycles. The zero-order valence-corrected chi connectivity index (χ0v) is 28.2. The van der Waals surface area contributed by atoms with Gasteiger partial charge in [-0.2, -0.15) is 5.10 Å². The molecule has 1 unspecified atom stereocenters. The molecule has 1 aromatic heterocycles. The fraction of sp³-hybridized carbons (Fsp3) is 0.175. The quantitative estimate of drug-likeness (QED) is 0.130. The van der Waals surface area contributed by atoms with Gasteiger partial charge in [0.2, 0.25) is 0 Å². The van der Waals surface area contributed by atoms with Gasteiger partial charge >= 0.3 is 5.97 Å². The van der Waals surface area contributed by atoms with Crippen LogP contribution in [0.15, 0.2) is 132 Å². The van der Waals surface area contributed by atoms with Crippen molar-refractivity contribution < 1.29 is 19.4 Å². The highest BCUT2D eigenvalue weighted by atomic mass is 79.9. The number of hydrogen-bond acceptors (Lipinski definition) is 4. The molecule has 0 spiro atoms. The highest BCUT2D eigenvalue weighted by molar-refractivity contribution is 9.10. The molecule has 1 N–H and O–H groups in total. The van der Waals surface area contributed by atoms with E-state index in [2.05, 4.69) is 34.0 Å². The van der Waals surface area contributed by atoms with Gasteiger partial charge in [-0.3, -0.25) is 4.79 Å². The predicted molar refractivity (Wildman–Crippen MR) is 191 cm³/mol. The van der Waals surface area contributed by atoms with E-state index in [-0.39, 0.29) is 12.3 Å². The first-order chi connectivity index (χ1) is 23.4. The van der Waals surface area contributed by atoms with E-state index in [0.29, 0.717) is 28.9 Å². The van der Waals surface area contributed by atoms with Gasteiger partial charge in [-0.15, -0.1) is 0 Å². The van der Waals surface area contributed by atoms with Crippen LogP contribution in [-0.4, -0.2) is 37.8 Å². The number of para-hydroxylation sites is 1. The highest BCUT2D eigenvalue weighted by Gasteiger charge is 2.25. The fourth-order valence-corrected chi connectivity index (χ4v) is 6.47. The number of aromatic nitrogens is 2. The SMILES string of the molecule is CCCc1c(C(=O)N(Cc2ccccc2)Cc2ccc3c(Br)c(OC(Cc4ccccc4)C(=O)O)ccc3c2)cnn1-c1ccccc1. The van der Waals surface area contributed by atoms with E-state index in [0.717, 1.165) is 51.7 Å². The third kappa shape index (κ3) is 7.50. The first kappa shape index (κ1) is 32.7. The molecule has 1 amide bonds. The highest BCUT2D eigenvalue weighted by Crippen LogP contribution is 2.35. The van der Waals surface area contributed by atoms with Gasteiger partial charge in [-0.05, 0) is 74.1 Å². The summed E-state index contributed by atoms with van der Waals surface area (Å²) >= 11 is 3.67.